The normalized spacial score (nSPS) is 22.4. The Morgan fingerprint density at radius 2 is 2.04 bits per heavy atom. The number of rotatable bonds is 6. The van der Waals surface area contributed by atoms with Crippen LogP contribution in [0.3, 0.4) is 0 Å². The highest BCUT2D eigenvalue weighted by atomic mass is 32.2. The van der Waals surface area contributed by atoms with Gasteiger partial charge in [0.2, 0.25) is 10.0 Å². The molecule has 1 aliphatic heterocycles. The fraction of sp³-hybridized carbons (Fsp3) is 0.812. The maximum absolute atomic E-state index is 11.6. The second kappa shape index (κ2) is 6.91. The molecule has 1 atom stereocenters. The summed E-state index contributed by atoms with van der Waals surface area (Å²) in [5, 5.41) is 0. The van der Waals surface area contributed by atoms with E-state index in [9.17, 15) is 8.42 Å². The van der Waals surface area contributed by atoms with Crippen molar-refractivity contribution in [1.82, 2.24) is 19.2 Å². The Morgan fingerprint density at radius 1 is 1.26 bits per heavy atom. The van der Waals surface area contributed by atoms with Crippen LogP contribution in [0.25, 0.3) is 0 Å². The van der Waals surface area contributed by atoms with Gasteiger partial charge in [0.25, 0.3) is 0 Å². The van der Waals surface area contributed by atoms with Gasteiger partial charge in [0.15, 0.2) is 0 Å². The summed E-state index contributed by atoms with van der Waals surface area (Å²) in [5.41, 5.74) is 2.70. The first-order valence-electron chi connectivity index (χ1n) is 8.71. The van der Waals surface area contributed by atoms with E-state index in [0.29, 0.717) is 12.5 Å². The molecule has 7 heteroatoms. The van der Waals surface area contributed by atoms with E-state index in [0.717, 1.165) is 32.4 Å². The highest BCUT2D eigenvalue weighted by molar-refractivity contribution is 7.89. The van der Waals surface area contributed by atoms with E-state index in [4.69, 9.17) is 4.98 Å². The van der Waals surface area contributed by atoms with Gasteiger partial charge in [-0.3, -0.25) is 4.90 Å². The Hall–Kier alpha value is -0.920. The first-order chi connectivity index (χ1) is 11.0. The number of aromatic nitrogens is 2. The topological polar surface area (TPSA) is 67.2 Å². The maximum Gasteiger partial charge on any atom is 0.211 e. The van der Waals surface area contributed by atoms with E-state index in [1.165, 1.54) is 43.5 Å². The SMILES string of the molecule is CNS(=O)(=O)CCCN1CCCC1c1nc2c(n1C)CCCC2. The first-order valence-corrected chi connectivity index (χ1v) is 10.4. The molecule has 2 heterocycles. The van der Waals surface area contributed by atoms with Crippen molar-refractivity contribution in [3.05, 3.63) is 17.2 Å². The van der Waals surface area contributed by atoms with Crippen molar-refractivity contribution in [2.75, 3.05) is 25.9 Å². The number of likely N-dealkylation sites (tertiary alicyclic amines) is 1. The number of nitrogens with one attached hydrogen (secondary N) is 1. The van der Waals surface area contributed by atoms with E-state index < -0.39 is 10.0 Å². The molecule has 0 radical (unpaired) electrons. The molecule has 0 aromatic carbocycles. The minimum Gasteiger partial charge on any atom is -0.334 e. The highest BCUT2D eigenvalue weighted by Crippen LogP contribution is 2.33. The lowest BCUT2D eigenvalue weighted by Gasteiger charge is -2.24. The number of hydrogen-bond donors (Lipinski definition) is 1. The van der Waals surface area contributed by atoms with Gasteiger partial charge in [-0.1, -0.05) is 0 Å². The quantitative estimate of drug-likeness (QED) is 0.849. The molecule has 1 unspecified atom stereocenters. The fourth-order valence-electron chi connectivity index (χ4n) is 3.95. The van der Waals surface area contributed by atoms with Crippen LogP contribution in [0, 0.1) is 0 Å². The molecule has 0 bridgehead atoms. The number of aryl methyl sites for hydroxylation is 1. The minimum absolute atomic E-state index is 0.198. The largest absolute Gasteiger partial charge is 0.334 e. The summed E-state index contributed by atoms with van der Waals surface area (Å²) in [6.07, 6.45) is 7.73. The molecule has 1 fully saturated rings. The number of sulfonamides is 1. The molecule has 3 rings (SSSR count). The molecule has 1 aromatic heterocycles. The summed E-state index contributed by atoms with van der Waals surface area (Å²) in [7, 11) is 0.525. The highest BCUT2D eigenvalue weighted by Gasteiger charge is 2.31. The van der Waals surface area contributed by atoms with Crippen LogP contribution in [0.15, 0.2) is 0 Å². The van der Waals surface area contributed by atoms with Gasteiger partial charge in [0.1, 0.15) is 5.82 Å². The molecule has 0 amide bonds. The molecule has 130 valence electrons. The zero-order valence-corrected chi connectivity index (χ0v) is 15.0. The lowest BCUT2D eigenvalue weighted by Crippen LogP contribution is -2.29. The average Bonchev–Trinajstić information content (AvgIpc) is 3.12. The number of hydrogen-bond acceptors (Lipinski definition) is 4. The molecule has 6 nitrogen and oxygen atoms in total. The third-order valence-electron chi connectivity index (χ3n) is 5.24. The molecule has 0 saturated carbocycles. The van der Waals surface area contributed by atoms with Crippen LogP contribution in [-0.2, 0) is 29.9 Å². The second-order valence-electron chi connectivity index (χ2n) is 6.70. The van der Waals surface area contributed by atoms with Gasteiger partial charge in [-0.15, -0.1) is 0 Å². The van der Waals surface area contributed by atoms with Crippen molar-refractivity contribution in [2.24, 2.45) is 7.05 Å². The Morgan fingerprint density at radius 3 is 2.78 bits per heavy atom. The monoisotopic (exact) mass is 340 g/mol. The van der Waals surface area contributed by atoms with Crippen molar-refractivity contribution in [3.8, 4) is 0 Å². The third-order valence-corrected chi connectivity index (χ3v) is 6.69. The fourth-order valence-corrected chi connectivity index (χ4v) is 4.66. The number of nitrogens with zero attached hydrogens (tertiary/aromatic N) is 3. The molecule has 1 aromatic rings. The van der Waals surface area contributed by atoms with Crippen LogP contribution in [0.4, 0.5) is 0 Å². The van der Waals surface area contributed by atoms with Gasteiger partial charge in [-0.05, 0) is 65.1 Å². The predicted molar refractivity (Wildman–Crippen MR) is 90.9 cm³/mol. The van der Waals surface area contributed by atoms with Crippen LogP contribution in [0.5, 0.6) is 0 Å². The van der Waals surface area contributed by atoms with Crippen molar-refractivity contribution < 1.29 is 8.42 Å². The second-order valence-corrected chi connectivity index (χ2v) is 8.75. The standard InChI is InChI=1S/C16H28N4O2S/c1-17-23(21,22)12-6-11-20-10-5-9-15(20)16-18-13-7-3-4-8-14(13)19(16)2/h15,17H,3-12H2,1-2H3. The zero-order chi connectivity index (χ0) is 16.4. The van der Waals surface area contributed by atoms with Gasteiger partial charge >= 0.3 is 0 Å². The zero-order valence-electron chi connectivity index (χ0n) is 14.2. The summed E-state index contributed by atoms with van der Waals surface area (Å²) < 4.78 is 27.8. The lowest BCUT2D eigenvalue weighted by molar-refractivity contribution is 0.245. The number of imidazole rings is 1. The van der Waals surface area contributed by atoms with Crippen LogP contribution in [-0.4, -0.2) is 48.8 Å². The van der Waals surface area contributed by atoms with Crippen LogP contribution in [0.2, 0.25) is 0 Å². The molecular formula is C16H28N4O2S. The Bertz CT molecular complexity index is 653. The predicted octanol–water partition coefficient (Wildman–Crippen LogP) is 1.38. The first kappa shape index (κ1) is 16.9. The summed E-state index contributed by atoms with van der Waals surface area (Å²) in [5.74, 6) is 1.38. The summed E-state index contributed by atoms with van der Waals surface area (Å²) >= 11 is 0. The van der Waals surface area contributed by atoms with Crippen molar-refractivity contribution in [1.29, 1.82) is 0 Å². The lowest BCUT2D eigenvalue weighted by atomic mass is 10.0. The van der Waals surface area contributed by atoms with Crippen molar-refractivity contribution >= 4 is 10.0 Å². The van der Waals surface area contributed by atoms with Gasteiger partial charge in [0.05, 0.1) is 17.5 Å². The van der Waals surface area contributed by atoms with Gasteiger partial charge in [-0.25, -0.2) is 18.1 Å². The molecule has 23 heavy (non-hydrogen) atoms. The summed E-state index contributed by atoms with van der Waals surface area (Å²) in [6, 6.07) is 0.350. The molecule has 1 saturated heterocycles. The van der Waals surface area contributed by atoms with Crippen LogP contribution in [0.1, 0.15) is 55.4 Å². The average molecular weight is 340 g/mol. The van der Waals surface area contributed by atoms with E-state index in [1.54, 1.807) is 0 Å². The van der Waals surface area contributed by atoms with Gasteiger partial charge in [0, 0.05) is 12.7 Å². The van der Waals surface area contributed by atoms with E-state index >= 15 is 0 Å². The molecular weight excluding hydrogens is 312 g/mol. The Labute approximate surface area is 139 Å². The smallest absolute Gasteiger partial charge is 0.211 e. The maximum atomic E-state index is 11.6. The summed E-state index contributed by atoms with van der Waals surface area (Å²) in [6.45, 7) is 1.87. The summed E-state index contributed by atoms with van der Waals surface area (Å²) in [4.78, 5) is 7.36. The molecule has 1 N–H and O–H groups in total. The molecule has 0 spiro atoms. The number of fused-ring (bicyclic) bond motifs is 1. The van der Waals surface area contributed by atoms with Gasteiger partial charge < -0.3 is 4.57 Å². The Kier molecular flexibility index (Phi) is 5.08. The van der Waals surface area contributed by atoms with Crippen molar-refractivity contribution in [2.45, 2.75) is 51.0 Å². The van der Waals surface area contributed by atoms with Crippen LogP contribution < -0.4 is 4.72 Å². The van der Waals surface area contributed by atoms with Gasteiger partial charge in [-0.2, -0.15) is 0 Å². The van der Waals surface area contributed by atoms with E-state index in [2.05, 4.69) is 21.2 Å². The van der Waals surface area contributed by atoms with E-state index in [-0.39, 0.29) is 5.75 Å². The minimum atomic E-state index is -3.10. The van der Waals surface area contributed by atoms with Crippen LogP contribution >= 0.6 is 0 Å². The Balaban J connectivity index is 1.68. The molecule has 2 aliphatic rings. The van der Waals surface area contributed by atoms with Crippen molar-refractivity contribution in [3.63, 3.8) is 0 Å². The third kappa shape index (κ3) is 3.61. The molecule has 1 aliphatic carbocycles. The van der Waals surface area contributed by atoms with E-state index in [1.807, 2.05) is 0 Å².